The molecule has 0 saturated carbocycles. The Morgan fingerprint density at radius 1 is 0.903 bits per heavy atom. The predicted molar refractivity (Wildman–Crippen MR) is 95.5 cm³/mol. The number of amides is 1. The van der Waals surface area contributed by atoms with Gasteiger partial charge in [0.05, 0.1) is 18.2 Å². The lowest BCUT2D eigenvalue weighted by molar-refractivity contribution is -0.146. The summed E-state index contributed by atoms with van der Waals surface area (Å²) in [5, 5.41) is 12.3. The van der Waals surface area contributed by atoms with Crippen molar-refractivity contribution in [2.24, 2.45) is 0 Å². The van der Waals surface area contributed by atoms with Gasteiger partial charge >= 0.3 is 18.3 Å². The summed E-state index contributed by atoms with van der Waals surface area (Å²) in [6, 6.07) is 5.71. The van der Waals surface area contributed by atoms with Crippen LogP contribution in [-0.4, -0.2) is 30.1 Å². The summed E-state index contributed by atoms with van der Waals surface area (Å²) in [5.74, 6) is -2.02. The van der Waals surface area contributed by atoms with Crippen LogP contribution in [0.15, 0.2) is 48.5 Å². The maximum atomic E-state index is 12.7. The minimum absolute atomic E-state index is 0.149. The highest BCUT2D eigenvalue weighted by molar-refractivity contribution is 5.87. The zero-order valence-electron chi connectivity index (χ0n) is 15.9. The first kappa shape index (κ1) is 24.2. The Hall–Kier alpha value is -3.08. The molecule has 0 aromatic heterocycles. The predicted octanol–water partition coefficient (Wildman–Crippen LogP) is 3.66. The number of alkyl halides is 6. The molecular formula is C20H17F6NO4. The smallest absolute Gasteiger partial charge is 0.416 e. The molecule has 0 bridgehead atoms. The number of methoxy groups -OCH3 is 1. The number of aliphatic hydroxyl groups excluding tert-OH is 1. The summed E-state index contributed by atoms with van der Waals surface area (Å²) >= 11 is 0. The second-order valence-electron chi connectivity index (χ2n) is 6.51. The molecule has 2 rings (SSSR count). The van der Waals surface area contributed by atoms with E-state index in [0.717, 1.165) is 43.5 Å². The largest absolute Gasteiger partial charge is 0.467 e. The van der Waals surface area contributed by atoms with Crippen molar-refractivity contribution in [3.8, 4) is 0 Å². The van der Waals surface area contributed by atoms with Crippen molar-refractivity contribution < 1.29 is 45.8 Å². The van der Waals surface area contributed by atoms with E-state index in [1.807, 2.05) is 0 Å². The van der Waals surface area contributed by atoms with Gasteiger partial charge in [-0.25, -0.2) is 4.79 Å². The fourth-order valence-corrected chi connectivity index (χ4v) is 2.66. The molecule has 168 valence electrons. The molecule has 0 aliphatic rings. The lowest BCUT2D eigenvalue weighted by Gasteiger charge is -2.19. The van der Waals surface area contributed by atoms with Crippen LogP contribution in [0.4, 0.5) is 26.3 Å². The van der Waals surface area contributed by atoms with Gasteiger partial charge in [0.25, 0.3) is 5.91 Å². The van der Waals surface area contributed by atoms with Crippen molar-refractivity contribution in [1.82, 2.24) is 5.32 Å². The minimum Gasteiger partial charge on any atom is -0.467 e. The van der Waals surface area contributed by atoms with Crippen LogP contribution in [0.5, 0.6) is 0 Å². The van der Waals surface area contributed by atoms with E-state index in [4.69, 9.17) is 0 Å². The van der Waals surface area contributed by atoms with Gasteiger partial charge < -0.3 is 15.2 Å². The van der Waals surface area contributed by atoms with Crippen molar-refractivity contribution in [2.75, 3.05) is 7.11 Å². The zero-order valence-corrected chi connectivity index (χ0v) is 15.9. The molecule has 0 unspecified atom stereocenters. The van der Waals surface area contributed by atoms with Crippen molar-refractivity contribution in [3.63, 3.8) is 0 Å². The van der Waals surface area contributed by atoms with Gasteiger partial charge in [0.15, 0.2) is 6.10 Å². The fraction of sp³-hybridized carbons (Fsp3) is 0.300. The number of aliphatic hydroxyl groups is 1. The fourth-order valence-electron chi connectivity index (χ4n) is 2.66. The molecule has 31 heavy (non-hydrogen) atoms. The lowest BCUT2D eigenvalue weighted by atomic mass is 10.0. The summed E-state index contributed by atoms with van der Waals surface area (Å²) in [4.78, 5) is 24.3. The molecule has 0 heterocycles. The van der Waals surface area contributed by atoms with Crippen LogP contribution < -0.4 is 5.32 Å². The standard InChI is InChI=1S/C20H17F6NO4/c1-31-18(30)15(10-11-2-6-13(7-3-11)19(21,22)23)27-17(29)16(28)12-4-8-14(9-5-12)20(24,25)26/h2-9,15-16,28H,10H2,1H3,(H,27,29)/t15-,16-/m1/s1. The number of ether oxygens (including phenoxy) is 1. The molecule has 0 saturated heterocycles. The highest BCUT2D eigenvalue weighted by atomic mass is 19.4. The molecule has 0 spiro atoms. The third-order valence-corrected chi connectivity index (χ3v) is 4.33. The quantitative estimate of drug-likeness (QED) is 0.522. The van der Waals surface area contributed by atoms with Crippen LogP contribution in [0.1, 0.15) is 28.4 Å². The summed E-state index contributed by atoms with van der Waals surface area (Å²) in [5.41, 5.74) is -1.75. The molecule has 2 atom stereocenters. The Labute approximate surface area is 172 Å². The minimum atomic E-state index is -4.59. The number of carbonyl (C=O) groups excluding carboxylic acids is 2. The first-order valence-corrected chi connectivity index (χ1v) is 8.72. The van der Waals surface area contributed by atoms with Crippen molar-refractivity contribution in [1.29, 1.82) is 0 Å². The van der Waals surface area contributed by atoms with Crippen LogP contribution >= 0.6 is 0 Å². The van der Waals surface area contributed by atoms with Crippen molar-refractivity contribution in [2.45, 2.75) is 30.9 Å². The second-order valence-corrected chi connectivity index (χ2v) is 6.51. The highest BCUT2D eigenvalue weighted by Gasteiger charge is 2.32. The van der Waals surface area contributed by atoms with E-state index in [0.29, 0.717) is 12.1 Å². The second kappa shape index (κ2) is 9.38. The first-order valence-electron chi connectivity index (χ1n) is 8.72. The molecule has 0 fully saturated rings. The van der Waals surface area contributed by atoms with Crippen LogP contribution in [0, 0.1) is 0 Å². The summed E-state index contributed by atoms with van der Waals surface area (Å²) < 4.78 is 80.4. The average molecular weight is 449 g/mol. The summed E-state index contributed by atoms with van der Waals surface area (Å²) in [7, 11) is 1.03. The maximum Gasteiger partial charge on any atom is 0.416 e. The van der Waals surface area contributed by atoms with E-state index < -0.39 is 47.5 Å². The van der Waals surface area contributed by atoms with Gasteiger partial charge in [-0.05, 0) is 35.4 Å². The normalized spacial score (nSPS) is 13.9. The third kappa shape index (κ3) is 6.45. The molecule has 2 aromatic rings. The van der Waals surface area contributed by atoms with Gasteiger partial charge in [-0.2, -0.15) is 26.3 Å². The Kier molecular flexibility index (Phi) is 7.32. The number of esters is 1. The number of rotatable bonds is 6. The molecule has 11 heteroatoms. The average Bonchev–Trinajstić information content (AvgIpc) is 2.71. The Morgan fingerprint density at radius 3 is 1.77 bits per heavy atom. The highest BCUT2D eigenvalue weighted by Crippen LogP contribution is 2.30. The van der Waals surface area contributed by atoms with Crippen LogP contribution in [0.25, 0.3) is 0 Å². The number of carbonyl (C=O) groups is 2. The number of hydrogen-bond donors (Lipinski definition) is 2. The number of halogens is 6. The van der Waals surface area contributed by atoms with Crippen LogP contribution in [0.3, 0.4) is 0 Å². The molecule has 5 nitrogen and oxygen atoms in total. The van der Waals surface area contributed by atoms with Crippen LogP contribution in [0.2, 0.25) is 0 Å². The molecule has 2 N–H and O–H groups in total. The Morgan fingerprint density at radius 2 is 1.35 bits per heavy atom. The molecule has 1 amide bonds. The molecule has 0 radical (unpaired) electrons. The third-order valence-electron chi connectivity index (χ3n) is 4.33. The molecular weight excluding hydrogens is 432 g/mol. The SMILES string of the molecule is COC(=O)[C@@H](Cc1ccc(C(F)(F)F)cc1)NC(=O)[C@H](O)c1ccc(C(F)(F)F)cc1. The van der Waals surface area contributed by atoms with Crippen molar-refractivity contribution >= 4 is 11.9 Å². The van der Waals surface area contributed by atoms with Gasteiger partial charge in [-0.3, -0.25) is 4.79 Å². The van der Waals surface area contributed by atoms with E-state index in [1.54, 1.807) is 0 Å². The number of benzene rings is 2. The number of hydrogen-bond acceptors (Lipinski definition) is 4. The van der Waals surface area contributed by atoms with Gasteiger partial charge in [0, 0.05) is 6.42 Å². The molecule has 0 aliphatic heterocycles. The first-order chi connectivity index (χ1) is 14.3. The van der Waals surface area contributed by atoms with Gasteiger partial charge in [0.1, 0.15) is 6.04 Å². The van der Waals surface area contributed by atoms with Gasteiger partial charge in [-0.15, -0.1) is 0 Å². The maximum absolute atomic E-state index is 12.7. The van der Waals surface area contributed by atoms with E-state index in [2.05, 4.69) is 10.1 Å². The molecule has 0 aliphatic carbocycles. The monoisotopic (exact) mass is 449 g/mol. The van der Waals surface area contributed by atoms with Crippen LogP contribution in [-0.2, 0) is 33.1 Å². The Bertz CT molecular complexity index is 907. The van der Waals surface area contributed by atoms with Gasteiger partial charge in [0.2, 0.25) is 0 Å². The lowest BCUT2D eigenvalue weighted by Crippen LogP contribution is -2.45. The summed E-state index contributed by atoms with van der Waals surface area (Å²) in [6.45, 7) is 0. The van der Waals surface area contributed by atoms with E-state index in [-0.39, 0.29) is 17.5 Å². The van der Waals surface area contributed by atoms with E-state index >= 15 is 0 Å². The molecule has 2 aromatic carbocycles. The topological polar surface area (TPSA) is 75.6 Å². The van der Waals surface area contributed by atoms with Crippen molar-refractivity contribution in [3.05, 3.63) is 70.8 Å². The Balaban J connectivity index is 2.12. The number of nitrogens with one attached hydrogen (secondary N) is 1. The van der Waals surface area contributed by atoms with E-state index in [9.17, 15) is 41.0 Å². The zero-order chi connectivity index (χ0) is 23.4. The van der Waals surface area contributed by atoms with E-state index in [1.165, 1.54) is 0 Å². The summed E-state index contributed by atoms with van der Waals surface area (Å²) in [6.07, 6.45) is -11.3. The van der Waals surface area contributed by atoms with Gasteiger partial charge in [-0.1, -0.05) is 24.3 Å².